The average Bonchev–Trinajstić information content (AvgIpc) is 3.17. The van der Waals surface area contributed by atoms with Crippen molar-refractivity contribution in [2.24, 2.45) is 0 Å². The van der Waals surface area contributed by atoms with Crippen LogP contribution in [0.5, 0.6) is 0 Å². The Kier molecular flexibility index (Phi) is 4.51. The van der Waals surface area contributed by atoms with E-state index in [-0.39, 0.29) is 5.15 Å². The fraction of sp³-hybridized carbons (Fsp3) is 0.294. The highest BCUT2D eigenvalue weighted by Gasteiger charge is 2.44. The van der Waals surface area contributed by atoms with E-state index in [2.05, 4.69) is 15.3 Å². The number of aromatic nitrogens is 3. The fourth-order valence-corrected chi connectivity index (χ4v) is 3.23. The van der Waals surface area contributed by atoms with Crippen LogP contribution >= 0.6 is 11.6 Å². The van der Waals surface area contributed by atoms with Crippen molar-refractivity contribution in [2.75, 3.05) is 11.9 Å². The summed E-state index contributed by atoms with van der Waals surface area (Å²) in [4.78, 5) is 8.64. The van der Waals surface area contributed by atoms with Crippen LogP contribution in [0.15, 0.2) is 42.7 Å². The molecule has 0 radical (unpaired) electrons. The molecular weight excluding hydrogens is 360 g/mol. The average molecular weight is 377 g/mol. The van der Waals surface area contributed by atoms with Crippen LogP contribution in [0, 0.1) is 0 Å². The van der Waals surface area contributed by atoms with Gasteiger partial charge in [0.2, 0.25) is 0 Å². The smallest absolute Gasteiger partial charge is 0.165 e. The van der Waals surface area contributed by atoms with Gasteiger partial charge in [-0.15, -0.1) is 0 Å². The second kappa shape index (κ2) is 6.82. The van der Waals surface area contributed by atoms with Gasteiger partial charge in [0.15, 0.2) is 11.9 Å². The van der Waals surface area contributed by atoms with Crippen LogP contribution in [-0.4, -0.2) is 54.8 Å². The molecule has 0 amide bonds. The van der Waals surface area contributed by atoms with Gasteiger partial charge in [0, 0.05) is 11.8 Å². The van der Waals surface area contributed by atoms with E-state index in [9.17, 15) is 15.3 Å². The highest BCUT2D eigenvalue weighted by Crippen LogP contribution is 2.34. The molecule has 3 aromatic rings. The maximum absolute atomic E-state index is 10.3. The minimum Gasteiger partial charge on any atom is -0.394 e. The zero-order valence-electron chi connectivity index (χ0n) is 13.5. The molecule has 9 heteroatoms. The summed E-state index contributed by atoms with van der Waals surface area (Å²) in [6, 6.07) is 11.2. The SMILES string of the molecule is OC[C@H]1O[C@@H](n2cnc3c(Nc4ccccc4)cc(Cl)nc32)[C@H](O)[C@@H]1O. The first-order valence-electron chi connectivity index (χ1n) is 8.06. The number of aliphatic hydroxyl groups is 3. The van der Waals surface area contributed by atoms with Crippen molar-refractivity contribution >= 4 is 34.1 Å². The van der Waals surface area contributed by atoms with E-state index in [0.717, 1.165) is 5.69 Å². The highest BCUT2D eigenvalue weighted by molar-refractivity contribution is 6.30. The van der Waals surface area contributed by atoms with E-state index < -0.39 is 31.1 Å². The van der Waals surface area contributed by atoms with E-state index >= 15 is 0 Å². The van der Waals surface area contributed by atoms with Crippen LogP contribution in [-0.2, 0) is 4.74 Å². The fourth-order valence-electron chi connectivity index (χ4n) is 3.04. The van der Waals surface area contributed by atoms with Gasteiger partial charge in [-0.3, -0.25) is 4.57 Å². The first-order valence-corrected chi connectivity index (χ1v) is 8.44. The number of rotatable bonds is 4. The number of imidazole rings is 1. The lowest BCUT2D eigenvalue weighted by atomic mass is 10.1. The number of nitrogens with one attached hydrogen (secondary N) is 1. The third kappa shape index (κ3) is 2.91. The van der Waals surface area contributed by atoms with Crippen molar-refractivity contribution in [1.29, 1.82) is 0 Å². The van der Waals surface area contributed by atoms with Crippen molar-refractivity contribution in [1.82, 2.24) is 14.5 Å². The van der Waals surface area contributed by atoms with Crippen molar-refractivity contribution < 1.29 is 20.1 Å². The molecule has 0 aliphatic carbocycles. The van der Waals surface area contributed by atoms with Gasteiger partial charge in [-0.05, 0) is 12.1 Å². The number of ether oxygens (including phenoxy) is 1. The van der Waals surface area contributed by atoms with Gasteiger partial charge in [0.05, 0.1) is 18.6 Å². The van der Waals surface area contributed by atoms with Gasteiger partial charge >= 0.3 is 0 Å². The molecule has 4 rings (SSSR count). The van der Waals surface area contributed by atoms with Gasteiger partial charge < -0.3 is 25.4 Å². The van der Waals surface area contributed by atoms with Gasteiger partial charge in [0.1, 0.15) is 29.0 Å². The van der Waals surface area contributed by atoms with Crippen molar-refractivity contribution in [3.05, 3.63) is 47.9 Å². The predicted octanol–water partition coefficient (Wildman–Crippen LogP) is 1.44. The number of halogens is 1. The molecule has 4 N–H and O–H groups in total. The van der Waals surface area contributed by atoms with Crippen LogP contribution in [0.2, 0.25) is 5.15 Å². The molecule has 2 aromatic heterocycles. The Bertz CT molecular complexity index is 920. The Morgan fingerprint density at radius 3 is 2.65 bits per heavy atom. The largest absolute Gasteiger partial charge is 0.394 e. The molecule has 1 saturated heterocycles. The summed E-state index contributed by atoms with van der Waals surface area (Å²) in [5.74, 6) is 0. The van der Waals surface area contributed by atoms with E-state index in [0.29, 0.717) is 16.9 Å². The zero-order chi connectivity index (χ0) is 18.3. The van der Waals surface area contributed by atoms with Crippen molar-refractivity contribution in [2.45, 2.75) is 24.5 Å². The number of hydrogen-bond donors (Lipinski definition) is 4. The van der Waals surface area contributed by atoms with Gasteiger partial charge in [0.25, 0.3) is 0 Å². The minimum absolute atomic E-state index is 0.240. The number of pyridine rings is 1. The van der Waals surface area contributed by atoms with Crippen LogP contribution in [0.1, 0.15) is 6.23 Å². The second-order valence-corrected chi connectivity index (χ2v) is 6.42. The van der Waals surface area contributed by atoms with Crippen LogP contribution in [0.3, 0.4) is 0 Å². The number of anilines is 2. The summed E-state index contributed by atoms with van der Waals surface area (Å²) in [5, 5.41) is 33.0. The molecule has 0 spiro atoms. The van der Waals surface area contributed by atoms with E-state index in [4.69, 9.17) is 16.3 Å². The Morgan fingerprint density at radius 1 is 1.19 bits per heavy atom. The maximum atomic E-state index is 10.3. The van der Waals surface area contributed by atoms with Crippen LogP contribution in [0.4, 0.5) is 11.4 Å². The van der Waals surface area contributed by atoms with Crippen LogP contribution in [0.25, 0.3) is 11.2 Å². The summed E-state index contributed by atoms with van der Waals surface area (Å²) in [7, 11) is 0. The van der Waals surface area contributed by atoms with Gasteiger partial charge in [-0.2, -0.15) is 0 Å². The first-order chi connectivity index (χ1) is 12.6. The molecule has 0 bridgehead atoms. The monoisotopic (exact) mass is 376 g/mol. The molecule has 26 heavy (non-hydrogen) atoms. The number of aliphatic hydroxyl groups excluding tert-OH is 3. The lowest BCUT2D eigenvalue weighted by Gasteiger charge is -2.17. The van der Waals surface area contributed by atoms with Crippen molar-refractivity contribution in [3.63, 3.8) is 0 Å². The Morgan fingerprint density at radius 2 is 1.96 bits per heavy atom. The molecule has 1 aromatic carbocycles. The summed E-state index contributed by atoms with van der Waals surface area (Å²) in [6.07, 6.45) is -2.78. The Hall–Kier alpha value is -2.23. The molecule has 1 fully saturated rings. The van der Waals surface area contributed by atoms with Crippen molar-refractivity contribution in [3.8, 4) is 0 Å². The summed E-state index contributed by atoms with van der Waals surface area (Å²) in [5.41, 5.74) is 2.44. The van der Waals surface area contributed by atoms with E-state index in [1.54, 1.807) is 6.07 Å². The van der Waals surface area contributed by atoms with Crippen LogP contribution < -0.4 is 5.32 Å². The zero-order valence-corrected chi connectivity index (χ0v) is 14.3. The third-order valence-electron chi connectivity index (χ3n) is 4.34. The maximum Gasteiger partial charge on any atom is 0.165 e. The highest BCUT2D eigenvalue weighted by atomic mass is 35.5. The Balaban J connectivity index is 1.75. The molecule has 136 valence electrons. The second-order valence-electron chi connectivity index (χ2n) is 6.04. The number of nitrogens with zero attached hydrogens (tertiary/aromatic N) is 3. The molecule has 1 aliphatic rings. The molecule has 4 atom stereocenters. The quantitative estimate of drug-likeness (QED) is 0.509. The lowest BCUT2D eigenvalue weighted by molar-refractivity contribution is -0.0511. The summed E-state index contributed by atoms with van der Waals surface area (Å²) >= 11 is 6.16. The summed E-state index contributed by atoms with van der Waals surface area (Å²) in [6.45, 7) is -0.406. The normalized spacial score (nSPS) is 25.7. The predicted molar refractivity (Wildman–Crippen MR) is 95.3 cm³/mol. The minimum atomic E-state index is -1.23. The lowest BCUT2D eigenvalue weighted by Crippen LogP contribution is -2.33. The molecule has 8 nitrogen and oxygen atoms in total. The number of benzene rings is 1. The summed E-state index contributed by atoms with van der Waals surface area (Å²) < 4.78 is 7.06. The molecular formula is C17H17ClN4O4. The van der Waals surface area contributed by atoms with Gasteiger partial charge in [-0.1, -0.05) is 29.8 Å². The molecule has 0 saturated carbocycles. The first kappa shape index (κ1) is 17.2. The standard InChI is InChI=1S/C17H17ClN4O4/c18-12-6-10(20-9-4-2-1-3-5-9)13-16(21-12)22(8-19-13)17-15(25)14(24)11(7-23)26-17/h1-6,8,11,14-15,17,23-25H,7H2,(H,20,21)/t11-,14-,15-,17-/m1/s1. The van der Waals surface area contributed by atoms with Gasteiger partial charge in [-0.25, -0.2) is 9.97 Å². The Labute approximate surface area is 153 Å². The number of para-hydroxylation sites is 1. The molecule has 1 aliphatic heterocycles. The number of fused-ring (bicyclic) bond motifs is 1. The molecule has 0 unspecified atom stereocenters. The molecule has 3 heterocycles. The van der Waals surface area contributed by atoms with E-state index in [1.807, 2.05) is 30.3 Å². The number of hydrogen-bond acceptors (Lipinski definition) is 7. The third-order valence-corrected chi connectivity index (χ3v) is 4.54. The topological polar surface area (TPSA) is 113 Å². The van der Waals surface area contributed by atoms with E-state index in [1.165, 1.54) is 10.9 Å².